The van der Waals surface area contributed by atoms with E-state index in [1.165, 1.54) is 18.5 Å². The number of fused-ring (bicyclic) bond motifs is 1. The molecule has 1 fully saturated rings. The molecule has 0 bridgehead atoms. The molecule has 4 aromatic rings. The van der Waals surface area contributed by atoms with Crippen LogP contribution in [0.5, 0.6) is 5.75 Å². The van der Waals surface area contributed by atoms with Crippen molar-refractivity contribution < 1.29 is 4.74 Å². The summed E-state index contributed by atoms with van der Waals surface area (Å²) in [5.41, 5.74) is 2.85. The third-order valence-corrected chi connectivity index (χ3v) is 4.90. The summed E-state index contributed by atoms with van der Waals surface area (Å²) in [5, 5.41) is 15.1. The standard InChI is InChI=1S/C22H22N6O/c1-2-29-19-10-6-5-9-17(19)24-22-23-16-8-4-3-7-15(16)21(26-22)25-20-13-18(27-28-20)14-11-12-14/h3-10,13-14H,2,11-12H2,1H3,(H3,23,24,25,26,27,28). The van der Waals surface area contributed by atoms with E-state index in [1.807, 2.05) is 55.5 Å². The fourth-order valence-corrected chi connectivity index (χ4v) is 3.32. The Morgan fingerprint density at radius 1 is 1.03 bits per heavy atom. The van der Waals surface area contributed by atoms with Crippen LogP contribution in [0.2, 0.25) is 0 Å². The number of rotatable bonds is 7. The second-order valence-corrected chi connectivity index (χ2v) is 7.07. The van der Waals surface area contributed by atoms with E-state index in [1.54, 1.807) is 0 Å². The average molecular weight is 386 g/mol. The number of nitrogens with one attached hydrogen (secondary N) is 3. The van der Waals surface area contributed by atoms with E-state index >= 15 is 0 Å². The summed E-state index contributed by atoms with van der Waals surface area (Å²) in [6.45, 7) is 2.55. The van der Waals surface area contributed by atoms with Gasteiger partial charge in [-0.15, -0.1) is 0 Å². The third kappa shape index (κ3) is 3.71. The second kappa shape index (κ2) is 7.43. The van der Waals surface area contributed by atoms with E-state index in [9.17, 15) is 0 Å². The summed E-state index contributed by atoms with van der Waals surface area (Å²) in [5.74, 6) is 3.35. The summed E-state index contributed by atoms with van der Waals surface area (Å²) in [6, 6.07) is 17.8. The number of para-hydroxylation sites is 3. The molecule has 0 aliphatic heterocycles. The van der Waals surface area contributed by atoms with Crippen molar-refractivity contribution in [3.05, 3.63) is 60.3 Å². The summed E-state index contributed by atoms with van der Waals surface area (Å²) < 4.78 is 5.71. The molecule has 2 aromatic carbocycles. The van der Waals surface area contributed by atoms with Crippen LogP contribution < -0.4 is 15.4 Å². The van der Waals surface area contributed by atoms with E-state index in [4.69, 9.17) is 9.72 Å². The number of hydrogen-bond acceptors (Lipinski definition) is 6. The average Bonchev–Trinajstić information content (AvgIpc) is 3.49. The largest absolute Gasteiger partial charge is 0.492 e. The molecule has 7 nitrogen and oxygen atoms in total. The van der Waals surface area contributed by atoms with Gasteiger partial charge in [0.15, 0.2) is 5.82 Å². The van der Waals surface area contributed by atoms with Crippen LogP contribution in [-0.4, -0.2) is 26.8 Å². The van der Waals surface area contributed by atoms with Crippen LogP contribution >= 0.6 is 0 Å². The summed E-state index contributed by atoms with van der Waals surface area (Å²) in [7, 11) is 0. The van der Waals surface area contributed by atoms with E-state index in [2.05, 4.69) is 31.9 Å². The van der Waals surface area contributed by atoms with Gasteiger partial charge in [0.1, 0.15) is 11.6 Å². The molecule has 0 amide bonds. The molecule has 0 spiro atoms. The maximum atomic E-state index is 5.71. The van der Waals surface area contributed by atoms with Crippen LogP contribution in [-0.2, 0) is 0 Å². The first-order chi connectivity index (χ1) is 14.3. The van der Waals surface area contributed by atoms with E-state index in [-0.39, 0.29) is 0 Å². The molecule has 0 radical (unpaired) electrons. The first-order valence-electron chi connectivity index (χ1n) is 9.88. The van der Waals surface area contributed by atoms with Crippen LogP contribution in [0, 0.1) is 0 Å². The molecular weight excluding hydrogens is 364 g/mol. The SMILES string of the molecule is CCOc1ccccc1Nc1nc(Nc2cc(C3CC3)[nH]n2)c2ccccc2n1. The Morgan fingerprint density at radius 2 is 1.86 bits per heavy atom. The second-order valence-electron chi connectivity index (χ2n) is 7.07. The van der Waals surface area contributed by atoms with Crippen LogP contribution in [0.3, 0.4) is 0 Å². The topological polar surface area (TPSA) is 87.8 Å². The Labute approximate surface area is 168 Å². The first kappa shape index (κ1) is 17.5. The first-order valence-corrected chi connectivity index (χ1v) is 9.88. The summed E-state index contributed by atoms with van der Waals surface area (Å²) >= 11 is 0. The minimum Gasteiger partial charge on any atom is -0.492 e. The Hall–Kier alpha value is -3.61. The molecule has 1 aliphatic rings. The monoisotopic (exact) mass is 386 g/mol. The molecule has 2 heterocycles. The van der Waals surface area contributed by atoms with Gasteiger partial charge in [0.05, 0.1) is 17.8 Å². The molecule has 29 heavy (non-hydrogen) atoms. The number of aromatic amines is 1. The molecule has 2 aromatic heterocycles. The molecule has 7 heteroatoms. The molecule has 0 atom stereocenters. The molecule has 0 unspecified atom stereocenters. The lowest BCUT2D eigenvalue weighted by atomic mass is 10.2. The smallest absolute Gasteiger partial charge is 0.229 e. The van der Waals surface area contributed by atoms with Crippen molar-refractivity contribution in [3.8, 4) is 5.75 Å². The highest BCUT2D eigenvalue weighted by molar-refractivity contribution is 5.91. The Balaban J connectivity index is 1.50. The van der Waals surface area contributed by atoms with Crippen LogP contribution in [0.1, 0.15) is 31.4 Å². The van der Waals surface area contributed by atoms with Crippen LogP contribution in [0.25, 0.3) is 10.9 Å². The zero-order valence-corrected chi connectivity index (χ0v) is 16.1. The molecule has 146 valence electrons. The van der Waals surface area contributed by atoms with Crippen molar-refractivity contribution in [2.75, 3.05) is 17.2 Å². The molecule has 1 saturated carbocycles. The van der Waals surface area contributed by atoms with E-state index in [0.29, 0.717) is 24.3 Å². The van der Waals surface area contributed by atoms with Gasteiger partial charge in [-0.25, -0.2) is 4.98 Å². The number of aromatic nitrogens is 4. The Morgan fingerprint density at radius 3 is 2.72 bits per heavy atom. The minimum atomic E-state index is 0.497. The fraction of sp³-hybridized carbons (Fsp3) is 0.227. The van der Waals surface area contributed by atoms with Gasteiger partial charge >= 0.3 is 0 Å². The van der Waals surface area contributed by atoms with E-state index in [0.717, 1.165) is 28.2 Å². The van der Waals surface area contributed by atoms with Crippen molar-refractivity contribution in [1.29, 1.82) is 0 Å². The highest BCUT2D eigenvalue weighted by Gasteiger charge is 2.25. The molecule has 5 rings (SSSR count). The van der Waals surface area contributed by atoms with Crippen LogP contribution in [0.4, 0.5) is 23.3 Å². The molecule has 3 N–H and O–H groups in total. The van der Waals surface area contributed by atoms with Crippen molar-refractivity contribution in [1.82, 2.24) is 20.2 Å². The lowest BCUT2D eigenvalue weighted by Gasteiger charge is -2.13. The van der Waals surface area contributed by atoms with Gasteiger partial charge in [-0.05, 0) is 44.0 Å². The summed E-state index contributed by atoms with van der Waals surface area (Å²) in [6.07, 6.45) is 2.46. The molecule has 1 aliphatic carbocycles. The Kier molecular flexibility index (Phi) is 4.48. The zero-order chi connectivity index (χ0) is 19.6. The van der Waals surface area contributed by atoms with Gasteiger partial charge in [-0.1, -0.05) is 24.3 Å². The van der Waals surface area contributed by atoms with Crippen molar-refractivity contribution in [3.63, 3.8) is 0 Å². The predicted molar refractivity (Wildman–Crippen MR) is 114 cm³/mol. The van der Waals surface area contributed by atoms with Gasteiger partial charge < -0.3 is 15.4 Å². The minimum absolute atomic E-state index is 0.497. The molecular formula is C22H22N6O. The number of benzene rings is 2. The fourth-order valence-electron chi connectivity index (χ4n) is 3.32. The number of nitrogens with zero attached hydrogens (tertiary/aromatic N) is 3. The van der Waals surface area contributed by atoms with Gasteiger partial charge in [-0.3, -0.25) is 5.10 Å². The van der Waals surface area contributed by atoms with Crippen molar-refractivity contribution in [2.45, 2.75) is 25.7 Å². The highest BCUT2D eigenvalue weighted by atomic mass is 16.5. The lowest BCUT2D eigenvalue weighted by Crippen LogP contribution is -2.04. The maximum absolute atomic E-state index is 5.71. The van der Waals surface area contributed by atoms with Crippen molar-refractivity contribution in [2.24, 2.45) is 0 Å². The van der Waals surface area contributed by atoms with Crippen LogP contribution in [0.15, 0.2) is 54.6 Å². The van der Waals surface area contributed by atoms with Gasteiger partial charge in [-0.2, -0.15) is 10.1 Å². The number of H-pyrrole nitrogens is 1. The quantitative estimate of drug-likeness (QED) is 0.409. The summed E-state index contributed by atoms with van der Waals surface area (Å²) in [4.78, 5) is 9.39. The third-order valence-electron chi connectivity index (χ3n) is 4.90. The highest BCUT2D eigenvalue weighted by Crippen LogP contribution is 2.40. The van der Waals surface area contributed by atoms with Gasteiger partial charge in [0.25, 0.3) is 0 Å². The number of ether oxygens (including phenoxy) is 1. The maximum Gasteiger partial charge on any atom is 0.229 e. The van der Waals surface area contributed by atoms with Crippen molar-refractivity contribution >= 4 is 34.2 Å². The normalized spacial score (nSPS) is 13.4. The predicted octanol–water partition coefficient (Wildman–Crippen LogP) is 5.12. The zero-order valence-electron chi connectivity index (χ0n) is 16.1. The van der Waals surface area contributed by atoms with Gasteiger partial charge in [0.2, 0.25) is 5.95 Å². The Bertz CT molecular complexity index is 1150. The number of anilines is 4. The lowest BCUT2D eigenvalue weighted by molar-refractivity contribution is 0.342. The number of hydrogen-bond donors (Lipinski definition) is 3. The van der Waals surface area contributed by atoms with Gasteiger partial charge in [0, 0.05) is 23.1 Å². The van der Waals surface area contributed by atoms with E-state index < -0.39 is 0 Å². The molecule has 0 saturated heterocycles.